The summed E-state index contributed by atoms with van der Waals surface area (Å²) >= 11 is 0. The first-order valence-corrected chi connectivity index (χ1v) is 8.52. The van der Waals surface area contributed by atoms with Crippen LogP contribution in [0.25, 0.3) is 0 Å². The minimum atomic E-state index is -1.32. The molecule has 1 aliphatic carbocycles. The Kier molecular flexibility index (Phi) is 5.81. The smallest absolute Gasteiger partial charge is 0.355 e. The molecule has 1 aromatic rings. The predicted octanol–water partition coefficient (Wildman–Crippen LogP) is 3.82. The minimum Gasteiger partial charge on any atom is -0.463 e. The van der Waals surface area contributed by atoms with Gasteiger partial charge in [-0.3, -0.25) is 4.79 Å². The molecule has 1 unspecified atom stereocenters. The number of carbonyl (C=O) groups excluding carboxylic acids is 2. The highest BCUT2D eigenvalue weighted by Crippen LogP contribution is 2.37. The quantitative estimate of drug-likeness (QED) is 0.608. The number of carbonyl (C=O) groups is 2. The molecule has 0 heterocycles. The van der Waals surface area contributed by atoms with Crippen LogP contribution in [0.15, 0.2) is 30.4 Å². The molecule has 0 spiro atoms. The molecule has 0 saturated heterocycles. The molecule has 0 amide bonds. The third-order valence-electron chi connectivity index (χ3n) is 4.55. The Hall–Kier alpha value is -2.10. The molecule has 24 heavy (non-hydrogen) atoms. The SMILES string of the molecule is C=C1CCCCC1(OC(=O)Cc1ccc(C)cc1C)C(=O)OCC. The van der Waals surface area contributed by atoms with Crippen LogP contribution in [0, 0.1) is 13.8 Å². The number of hydrogen-bond donors (Lipinski definition) is 0. The van der Waals surface area contributed by atoms with Crippen molar-refractivity contribution >= 4 is 11.9 Å². The second-order valence-corrected chi connectivity index (χ2v) is 6.44. The van der Waals surface area contributed by atoms with Gasteiger partial charge in [0.2, 0.25) is 5.60 Å². The van der Waals surface area contributed by atoms with Gasteiger partial charge in [-0.15, -0.1) is 0 Å². The van der Waals surface area contributed by atoms with Gasteiger partial charge < -0.3 is 9.47 Å². The van der Waals surface area contributed by atoms with Crippen molar-refractivity contribution in [3.63, 3.8) is 0 Å². The van der Waals surface area contributed by atoms with Crippen LogP contribution < -0.4 is 0 Å². The third-order valence-corrected chi connectivity index (χ3v) is 4.55. The van der Waals surface area contributed by atoms with Gasteiger partial charge in [0.25, 0.3) is 0 Å². The van der Waals surface area contributed by atoms with Gasteiger partial charge in [0, 0.05) is 6.42 Å². The fourth-order valence-corrected chi connectivity index (χ4v) is 3.18. The third kappa shape index (κ3) is 3.86. The fraction of sp³-hybridized carbons (Fsp3) is 0.500. The number of hydrogen-bond acceptors (Lipinski definition) is 4. The van der Waals surface area contributed by atoms with E-state index in [-0.39, 0.29) is 13.0 Å². The maximum Gasteiger partial charge on any atom is 0.355 e. The van der Waals surface area contributed by atoms with Gasteiger partial charge in [0.15, 0.2) is 0 Å². The maximum atomic E-state index is 12.5. The van der Waals surface area contributed by atoms with Crippen LogP contribution in [0.1, 0.15) is 49.3 Å². The van der Waals surface area contributed by atoms with Gasteiger partial charge >= 0.3 is 11.9 Å². The van der Waals surface area contributed by atoms with Crippen molar-refractivity contribution in [3.05, 3.63) is 47.0 Å². The Morgan fingerprint density at radius 1 is 1.25 bits per heavy atom. The van der Waals surface area contributed by atoms with Gasteiger partial charge in [0.05, 0.1) is 13.0 Å². The Bertz CT molecular complexity index is 647. The van der Waals surface area contributed by atoms with Crippen molar-refractivity contribution in [2.75, 3.05) is 6.61 Å². The van der Waals surface area contributed by atoms with E-state index in [0.29, 0.717) is 18.4 Å². The van der Waals surface area contributed by atoms with Gasteiger partial charge in [-0.05, 0) is 56.7 Å². The summed E-state index contributed by atoms with van der Waals surface area (Å²) in [5.41, 5.74) is 2.42. The summed E-state index contributed by atoms with van der Waals surface area (Å²) in [5.74, 6) is -0.915. The van der Waals surface area contributed by atoms with E-state index >= 15 is 0 Å². The van der Waals surface area contributed by atoms with Crippen molar-refractivity contribution in [1.29, 1.82) is 0 Å². The molecular formula is C20H26O4. The summed E-state index contributed by atoms with van der Waals surface area (Å²) in [6.45, 7) is 9.96. The molecule has 0 N–H and O–H groups in total. The van der Waals surface area contributed by atoms with Crippen molar-refractivity contribution in [2.24, 2.45) is 0 Å². The standard InChI is InChI=1S/C20H26O4/c1-5-23-19(22)20(11-7-6-8-16(20)4)24-18(21)13-17-10-9-14(2)12-15(17)3/h9-10,12H,4-8,11,13H2,1-3H3. The van der Waals surface area contributed by atoms with Crippen LogP contribution in [0.5, 0.6) is 0 Å². The van der Waals surface area contributed by atoms with Crippen LogP contribution in [-0.2, 0) is 25.5 Å². The number of rotatable bonds is 5. The largest absolute Gasteiger partial charge is 0.463 e. The van der Waals surface area contributed by atoms with Gasteiger partial charge in [0.1, 0.15) is 0 Å². The molecule has 1 aliphatic rings. The summed E-state index contributed by atoms with van der Waals surface area (Å²) in [7, 11) is 0. The van der Waals surface area contributed by atoms with E-state index in [1.165, 1.54) is 0 Å². The topological polar surface area (TPSA) is 52.6 Å². The summed E-state index contributed by atoms with van der Waals surface area (Å²) < 4.78 is 10.9. The van der Waals surface area contributed by atoms with E-state index in [9.17, 15) is 9.59 Å². The van der Waals surface area contributed by atoms with Gasteiger partial charge in [-0.25, -0.2) is 4.79 Å². The Balaban J connectivity index is 2.18. The molecule has 0 radical (unpaired) electrons. The number of ether oxygens (including phenoxy) is 2. The van der Waals surface area contributed by atoms with Crippen LogP contribution in [0.4, 0.5) is 0 Å². The average Bonchev–Trinajstić information content (AvgIpc) is 2.52. The zero-order valence-electron chi connectivity index (χ0n) is 14.8. The average molecular weight is 330 g/mol. The highest BCUT2D eigenvalue weighted by Gasteiger charge is 2.47. The molecule has 2 rings (SSSR count). The first-order valence-electron chi connectivity index (χ1n) is 8.52. The lowest BCUT2D eigenvalue weighted by atomic mass is 9.80. The Morgan fingerprint density at radius 3 is 2.62 bits per heavy atom. The van der Waals surface area contributed by atoms with Crippen LogP contribution in [0.3, 0.4) is 0 Å². The monoisotopic (exact) mass is 330 g/mol. The molecule has 1 fully saturated rings. The highest BCUT2D eigenvalue weighted by atomic mass is 16.6. The van der Waals surface area contributed by atoms with Crippen LogP contribution in [-0.4, -0.2) is 24.1 Å². The first kappa shape index (κ1) is 18.2. The molecule has 1 saturated carbocycles. The second kappa shape index (κ2) is 7.65. The summed E-state index contributed by atoms with van der Waals surface area (Å²) in [6, 6.07) is 5.93. The van der Waals surface area contributed by atoms with E-state index in [1.54, 1.807) is 6.92 Å². The normalized spacial score (nSPS) is 20.5. The Morgan fingerprint density at radius 2 is 2.00 bits per heavy atom. The minimum absolute atomic E-state index is 0.139. The van der Waals surface area contributed by atoms with Crippen molar-refractivity contribution in [2.45, 2.75) is 58.5 Å². The fourth-order valence-electron chi connectivity index (χ4n) is 3.18. The van der Waals surface area contributed by atoms with Crippen molar-refractivity contribution in [1.82, 2.24) is 0 Å². The van der Waals surface area contributed by atoms with Crippen LogP contribution in [0.2, 0.25) is 0 Å². The highest BCUT2D eigenvalue weighted by molar-refractivity contribution is 5.87. The van der Waals surface area contributed by atoms with E-state index in [2.05, 4.69) is 6.58 Å². The maximum absolute atomic E-state index is 12.5. The molecular weight excluding hydrogens is 304 g/mol. The number of benzene rings is 1. The lowest BCUT2D eigenvalue weighted by Gasteiger charge is -2.36. The number of aryl methyl sites for hydroxylation is 2. The zero-order valence-corrected chi connectivity index (χ0v) is 14.8. The molecule has 4 heteroatoms. The summed E-state index contributed by atoms with van der Waals surface area (Å²) in [5, 5.41) is 0. The zero-order chi connectivity index (χ0) is 17.7. The molecule has 130 valence electrons. The Labute approximate surface area is 143 Å². The molecule has 0 bridgehead atoms. The van der Waals surface area contributed by atoms with Gasteiger partial charge in [-0.2, -0.15) is 0 Å². The first-order chi connectivity index (χ1) is 11.4. The van der Waals surface area contributed by atoms with Crippen molar-refractivity contribution < 1.29 is 19.1 Å². The van der Waals surface area contributed by atoms with Crippen molar-refractivity contribution in [3.8, 4) is 0 Å². The molecule has 1 atom stereocenters. The summed E-state index contributed by atoms with van der Waals surface area (Å²) in [6.07, 6.45) is 3.03. The van der Waals surface area contributed by atoms with E-state index < -0.39 is 17.5 Å². The molecule has 1 aromatic carbocycles. The van der Waals surface area contributed by atoms with Gasteiger partial charge in [-0.1, -0.05) is 30.3 Å². The van der Waals surface area contributed by atoms with E-state index in [1.807, 2.05) is 32.0 Å². The second-order valence-electron chi connectivity index (χ2n) is 6.44. The molecule has 0 aromatic heterocycles. The lowest BCUT2D eigenvalue weighted by Crippen LogP contribution is -2.48. The van der Waals surface area contributed by atoms with E-state index in [0.717, 1.165) is 29.5 Å². The number of esters is 2. The van der Waals surface area contributed by atoms with E-state index in [4.69, 9.17) is 9.47 Å². The molecule has 0 aliphatic heterocycles. The summed E-state index contributed by atoms with van der Waals surface area (Å²) in [4.78, 5) is 25.0. The van der Waals surface area contributed by atoms with Crippen LogP contribution >= 0.6 is 0 Å². The lowest BCUT2D eigenvalue weighted by molar-refractivity contribution is -0.179. The molecule has 4 nitrogen and oxygen atoms in total. The predicted molar refractivity (Wildman–Crippen MR) is 92.7 cm³/mol.